The zero-order chi connectivity index (χ0) is 17.6. The Kier molecular flexibility index (Phi) is 5.28. The summed E-state index contributed by atoms with van der Waals surface area (Å²) in [7, 11) is 3.39. The summed E-state index contributed by atoms with van der Waals surface area (Å²) in [4.78, 5) is 13.9. The minimum absolute atomic E-state index is 0.141. The molecule has 1 heterocycles. The molecular weight excluding hydrogens is 320 g/mol. The van der Waals surface area contributed by atoms with Crippen molar-refractivity contribution >= 4 is 6.03 Å². The zero-order valence-corrected chi connectivity index (χ0v) is 14.5. The number of urea groups is 1. The standard InChI is InChI=1S/C19H22N2O4/c1-21(13-15-4-3-5-16(10-15)23-2)19(22)20-12-14-6-7-17-18(11-14)25-9-8-24-17/h3-7,10-11H,8-9,12-13H2,1-2H3,(H,20,22). The number of benzene rings is 2. The summed E-state index contributed by atoms with van der Waals surface area (Å²) in [5.74, 6) is 2.25. The molecule has 132 valence electrons. The molecule has 1 aliphatic heterocycles. The van der Waals surface area contributed by atoms with Crippen LogP contribution in [0, 0.1) is 0 Å². The Bertz CT molecular complexity index is 748. The minimum Gasteiger partial charge on any atom is -0.497 e. The second-order valence-electron chi connectivity index (χ2n) is 5.84. The minimum atomic E-state index is -0.141. The van der Waals surface area contributed by atoms with E-state index in [-0.39, 0.29) is 6.03 Å². The number of nitrogens with zero attached hydrogens (tertiary/aromatic N) is 1. The summed E-state index contributed by atoms with van der Waals surface area (Å²) in [5.41, 5.74) is 1.98. The maximum atomic E-state index is 12.3. The van der Waals surface area contributed by atoms with Crippen LogP contribution < -0.4 is 19.5 Å². The number of hydrogen-bond donors (Lipinski definition) is 1. The van der Waals surface area contributed by atoms with Gasteiger partial charge in [0.2, 0.25) is 0 Å². The average molecular weight is 342 g/mol. The van der Waals surface area contributed by atoms with Crippen LogP contribution in [0.2, 0.25) is 0 Å². The first-order valence-corrected chi connectivity index (χ1v) is 8.16. The van der Waals surface area contributed by atoms with Crippen molar-refractivity contribution in [3.63, 3.8) is 0 Å². The topological polar surface area (TPSA) is 60.0 Å². The van der Waals surface area contributed by atoms with Crippen molar-refractivity contribution in [2.45, 2.75) is 13.1 Å². The summed E-state index contributed by atoms with van der Waals surface area (Å²) in [6, 6.07) is 13.2. The van der Waals surface area contributed by atoms with Crippen LogP contribution in [0.5, 0.6) is 17.2 Å². The maximum Gasteiger partial charge on any atom is 0.317 e. The molecule has 2 aromatic rings. The van der Waals surface area contributed by atoms with Crippen LogP contribution in [-0.4, -0.2) is 38.3 Å². The first-order chi connectivity index (χ1) is 12.2. The van der Waals surface area contributed by atoms with Crippen molar-refractivity contribution in [1.29, 1.82) is 0 Å². The highest BCUT2D eigenvalue weighted by Gasteiger charge is 2.13. The quantitative estimate of drug-likeness (QED) is 0.908. The van der Waals surface area contributed by atoms with Crippen LogP contribution in [0.1, 0.15) is 11.1 Å². The molecule has 3 rings (SSSR count). The van der Waals surface area contributed by atoms with Crippen LogP contribution in [-0.2, 0) is 13.1 Å². The molecule has 6 nitrogen and oxygen atoms in total. The highest BCUT2D eigenvalue weighted by Crippen LogP contribution is 2.30. The van der Waals surface area contributed by atoms with E-state index >= 15 is 0 Å². The van der Waals surface area contributed by atoms with Gasteiger partial charge in [-0.1, -0.05) is 18.2 Å². The number of ether oxygens (including phenoxy) is 3. The first kappa shape index (κ1) is 17.0. The lowest BCUT2D eigenvalue weighted by atomic mass is 10.2. The Balaban J connectivity index is 1.54. The van der Waals surface area contributed by atoms with E-state index in [4.69, 9.17) is 14.2 Å². The molecule has 0 unspecified atom stereocenters. The fraction of sp³-hybridized carbons (Fsp3) is 0.316. The second-order valence-corrected chi connectivity index (χ2v) is 5.84. The third kappa shape index (κ3) is 4.35. The number of amides is 2. The number of hydrogen-bond acceptors (Lipinski definition) is 4. The van der Waals surface area contributed by atoms with Gasteiger partial charge in [-0.2, -0.15) is 0 Å². The van der Waals surface area contributed by atoms with Crippen LogP contribution in [0.25, 0.3) is 0 Å². The number of nitrogens with one attached hydrogen (secondary N) is 1. The van der Waals surface area contributed by atoms with Gasteiger partial charge in [-0.3, -0.25) is 0 Å². The number of fused-ring (bicyclic) bond motifs is 1. The van der Waals surface area contributed by atoms with Gasteiger partial charge in [-0.25, -0.2) is 4.79 Å². The van der Waals surface area contributed by atoms with E-state index in [1.54, 1.807) is 19.1 Å². The van der Waals surface area contributed by atoms with E-state index in [1.165, 1.54) is 0 Å². The van der Waals surface area contributed by atoms with E-state index in [0.29, 0.717) is 26.3 Å². The summed E-state index contributed by atoms with van der Waals surface area (Å²) in [5, 5.41) is 2.91. The molecule has 0 bridgehead atoms. The fourth-order valence-electron chi connectivity index (χ4n) is 2.63. The Hall–Kier alpha value is -2.89. The van der Waals surface area contributed by atoms with Crippen molar-refractivity contribution in [1.82, 2.24) is 10.2 Å². The van der Waals surface area contributed by atoms with Crippen LogP contribution in [0.4, 0.5) is 4.79 Å². The fourth-order valence-corrected chi connectivity index (χ4v) is 2.63. The molecule has 0 fully saturated rings. The highest BCUT2D eigenvalue weighted by atomic mass is 16.6. The maximum absolute atomic E-state index is 12.3. The van der Waals surface area contributed by atoms with E-state index < -0.39 is 0 Å². The number of methoxy groups -OCH3 is 1. The molecular formula is C19H22N2O4. The van der Waals surface area contributed by atoms with Crippen molar-refractivity contribution < 1.29 is 19.0 Å². The molecule has 0 atom stereocenters. The number of carbonyl (C=O) groups excluding carboxylic acids is 1. The van der Waals surface area contributed by atoms with Crippen LogP contribution in [0.3, 0.4) is 0 Å². The second kappa shape index (κ2) is 7.79. The predicted octanol–water partition coefficient (Wildman–Crippen LogP) is 2.81. The molecule has 25 heavy (non-hydrogen) atoms. The zero-order valence-electron chi connectivity index (χ0n) is 14.5. The normalized spacial score (nSPS) is 12.4. The molecule has 1 aliphatic rings. The molecule has 0 aromatic heterocycles. The molecule has 0 saturated carbocycles. The molecule has 6 heteroatoms. The van der Waals surface area contributed by atoms with E-state index in [9.17, 15) is 4.79 Å². The molecule has 0 saturated heterocycles. The molecule has 2 aromatic carbocycles. The van der Waals surface area contributed by atoms with Crippen molar-refractivity contribution in [2.75, 3.05) is 27.4 Å². The summed E-state index contributed by atoms with van der Waals surface area (Å²) in [6.07, 6.45) is 0. The van der Waals surface area contributed by atoms with E-state index in [2.05, 4.69) is 5.32 Å². The number of carbonyl (C=O) groups is 1. The van der Waals surface area contributed by atoms with Crippen LogP contribution in [0.15, 0.2) is 42.5 Å². The van der Waals surface area contributed by atoms with Crippen molar-refractivity contribution in [3.05, 3.63) is 53.6 Å². The highest BCUT2D eigenvalue weighted by molar-refractivity contribution is 5.73. The van der Waals surface area contributed by atoms with Gasteiger partial charge in [0.15, 0.2) is 11.5 Å². The van der Waals surface area contributed by atoms with Gasteiger partial charge < -0.3 is 24.4 Å². The van der Waals surface area contributed by atoms with Crippen LogP contribution >= 0.6 is 0 Å². The van der Waals surface area contributed by atoms with Crippen molar-refractivity contribution in [3.8, 4) is 17.2 Å². The van der Waals surface area contributed by atoms with Crippen molar-refractivity contribution in [2.24, 2.45) is 0 Å². The van der Waals surface area contributed by atoms with Gasteiger partial charge in [0.05, 0.1) is 7.11 Å². The monoisotopic (exact) mass is 342 g/mol. The van der Waals surface area contributed by atoms with Gasteiger partial charge in [0, 0.05) is 20.1 Å². The lowest BCUT2D eigenvalue weighted by Crippen LogP contribution is -2.36. The third-order valence-corrected chi connectivity index (χ3v) is 3.95. The lowest BCUT2D eigenvalue weighted by molar-refractivity contribution is 0.171. The van der Waals surface area contributed by atoms with Gasteiger partial charge in [0.25, 0.3) is 0 Å². The third-order valence-electron chi connectivity index (χ3n) is 3.95. The van der Waals surface area contributed by atoms with E-state index in [0.717, 1.165) is 28.4 Å². The predicted molar refractivity (Wildman–Crippen MR) is 94.1 cm³/mol. The van der Waals surface area contributed by atoms with Gasteiger partial charge in [0.1, 0.15) is 19.0 Å². The summed E-state index contributed by atoms with van der Waals surface area (Å²) in [6.45, 7) is 2.05. The smallest absolute Gasteiger partial charge is 0.317 e. The molecule has 0 radical (unpaired) electrons. The lowest BCUT2D eigenvalue weighted by Gasteiger charge is -2.20. The van der Waals surface area contributed by atoms with Gasteiger partial charge >= 0.3 is 6.03 Å². The number of rotatable bonds is 5. The Labute approximate surface area is 147 Å². The Morgan fingerprint density at radius 3 is 2.72 bits per heavy atom. The Morgan fingerprint density at radius 2 is 1.92 bits per heavy atom. The first-order valence-electron chi connectivity index (χ1n) is 8.16. The molecule has 0 spiro atoms. The summed E-state index contributed by atoms with van der Waals surface area (Å²) < 4.78 is 16.3. The van der Waals surface area contributed by atoms with Gasteiger partial charge in [-0.05, 0) is 35.4 Å². The van der Waals surface area contributed by atoms with E-state index in [1.807, 2.05) is 42.5 Å². The van der Waals surface area contributed by atoms with Gasteiger partial charge in [-0.15, -0.1) is 0 Å². The largest absolute Gasteiger partial charge is 0.497 e. The summed E-state index contributed by atoms with van der Waals surface area (Å²) >= 11 is 0. The molecule has 1 N–H and O–H groups in total. The average Bonchev–Trinajstić information content (AvgIpc) is 2.66. The Morgan fingerprint density at radius 1 is 1.12 bits per heavy atom. The molecule has 0 aliphatic carbocycles. The SMILES string of the molecule is COc1cccc(CN(C)C(=O)NCc2ccc3c(c2)OCCO3)c1. The molecule has 2 amide bonds.